The van der Waals surface area contributed by atoms with E-state index >= 15 is 0 Å². The largest absolute Gasteiger partial charge is 0.496 e. The van der Waals surface area contributed by atoms with Crippen molar-refractivity contribution in [3.8, 4) is 5.75 Å². The molecule has 0 bridgehead atoms. The fourth-order valence-electron chi connectivity index (χ4n) is 4.15. The van der Waals surface area contributed by atoms with Gasteiger partial charge in [-0.15, -0.1) is 0 Å². The lowest BCUT2D eigenvalue weighted by Crippen LogP contribution is -2.37. The molecule has 7 nitrogen and oxygen atoms in total. The van der Waals surface area contributed by atoms with Crippen LogP contribution in [-0.4, -0.2) is 86.3 Å². The van der Waals surface area contributed by atoms with Gasteiger partial charge in [0.2, 0.25) is 5.95 Å². The molecule has 1 aromatic heterocycles. The molecular formula is C21H32N6O. The number of likely N-dealkylation sites (N-methyl/N-ethyl adjacent to an activating group) is 1. The third-order valence-electron chi connectivity index (χ3n) is 5.95. The van der Waals surface area contributed by atoms with Gasteiger partial charge >= 0.3 is 0 Å². The number of likely N-dealkylation sites (tertiary alicyclic amines) is 1. The zero-order valence-corrected chi connectivity index (χ0v) is 17.3. The van der Waals surface area contributed by atoms with Crippen LogP contribution in [0.15, 0.2) is 18.2 Å². The van der Waals surface area contributed by atoms with E-state index in [0.29, 0.717) is 6.04 Å². The third-order valence-corrected chi connectivity index (χ3v) is 5.95. The average molecular weight is 385 g/mol. The van der Waals surface area contributed by atoms with Crippen LogP contribution in [-0.2, 0) is 0 Å². The Kier molecular flexibility index (Phi) is 5.82. The van der Waals surface area contributed by atoms with Crippen molar-refractivity contribution in [2.24, 2.45) is 0 Å². The highest BCUT2D eigenvalue weighted by Crippen LogP contribution is 2.33. The lowest BCUT2D eigenvalue weighted by atomic mass is 10.1. The highest BCUT2D eigenvalue weighted by Gasteiger charge is 2.22. The van der Waals surface area contributed by atoms with Crippen LogP contribution in [0.2, 0.25) is 0 Å². The smallest absolute Gasteiger partial charge is 0.227 e. The molecular weight excluding hydrogens is 352 g/mol. The van der Waals surface area contributed by atoms with E-state index in [4.69, 9.17) is 14.7 Å². The molecule has 7 heteroatoms. The summed E-state index contributed by atoms with van der Waals surface area (Å²) in [7, 11) is 6.09. The topological polar surface area (TPSA) is 56.8 Å². The average Bonchev–Trinajstić information content (AvgIpc) is 2.93. The van der Waals surface area contributed by atoms with Gasteiger partial charge in [0.1, 0.15) is 11.6 Å². The third kappa shape index (κ3) is 4.15. The molecule has 4 rings (SSSR count). The molecule has 2 aliphatic rings. The van der Waals surface area contributed by atoms with Crippen LogP contribution in [0, 0.1) is 0 Å². The van der Waals surface area contributed by atoms with Crippen molar-refractivity contribution < 1.29 is 4.74 Å². The summed E-state index contributed by atoms with van der Waals surface area (Å²) in [6, 6.07) is 6.49. The second-order valence-electron chi connectivity index (χ2n) is 8.09. The first-order valence-corrected chi connectivity index (χ1v) is 10.4. The maximum Gasteiger partial charge on any atom is 0.227 e. The van der Waals surface area contributed by atoms with E-state index in [9.17, 15) is 0 Å². The lowest BCUT2D eigenvalue weighted by molar-refractivity contribution is 0.263. The van der Waals surface area contributed by atoms with Gasteiger partial charge in [-0.3, -0.25) is 0 Å². The fraction of sp³-hybridized carbons (Fsp3) is 0.619. The summed E-state index contributed by atoms with van der Waals surface area (Å²) in [6.07, 6.45) is 3.38. The van der Waals surface area contributed by atoms with Crippen molar-refractivity contribution in [3.63, 3.8) is 0 Å². The minimum atomic E-state index is 0.433. The Morgan fingerprint density at radius 1 is 0.964 bits per heavy atom. The Morgan fingerprint density at radius 2 is 1.75 bits per heavy atom. The van der Waals surface area contributed by atoms with E-state index in [0.717, 1.165) is 86.9 Å². The van der Waals surface area contributed by atoms with Gasteiger partial charge in [0, 0.05) is 25.7 Å². The summed E-state index contributed by atoms with van der Waals surface area (Å²) >= 11 is 0. The number of nitrogens with zero attached hydrogens (tertiary/aromatic N) is 5. The number of piperidine rings is 1. The summed E-state index contributed by atoms with van der Waals surface area (Å²) in [5, 5.41) is 4.71. The molecule has 0 atom stereocenters. The van der Waals surface area contributed by atoms with Gasteiger partial charge in [-0.1, -0.05) is 6.07 Å². The Bertz CT molecular complexity index is 805. The molecule has 1 aromatic carbocycles. The van der Waals surface area contributed by atoms with Gasteiger partial charge in [0.15, 0.2) is 0 Å². The van der Waals surface area contributed by atoms with Gasteiger partial charge in [-0.2, -0.15) is 4.98 Å². The second kappa shape index (κ2) is 8.49. The summed E-state index contributed by atoms with van der Waals surface area (Å²) < 4.78 is 5.65. The van der Waals surface area contributed by atoms with Crippen molar-refractivity contribution in [2.75, 3.05) is 70.7 Å². The van der Waals surface area contributed by atoms with Crippen LogP contribution in [0.5, 0.6) is 5.75 Å². The van der Waals surface area contributed by atoms with Crippen LogP contribution in [0.3, 0.4) is 0 Å². The zero-order chi connectivity index (χ0) is 19.5. The maximum absolute atomic E-state index is 5.65. The number of nitrogens with one attached hydrogen (secondary N) is 1. The van der Waals surface area contributed by atoms with E-state index < -0.39 is 0 Å². The van der Waals surface area contributed by atoms with Crippen LogP contribution in [0.4, 0.5) is 11.8 Å². The van der Waals surface area contributed by atoms with Crippen LogP contribution in [0.1, 0.15) is 19.3 Å². The number of fused-ring (bicyclic) bond motifs is 1. The van der Waals surface area contributed by atoms with E-state index in [1.807, 2.05) is 12.1 Å². The van der Waals surface area contributed by atoms with E-state index in [2.05, 4.69) is 40.2 Å². The highest BCUT2D eigenvalue weighted by molar-refractivity contribution is 5.95. The molecule has 2 fully saturated rings. The summed E-state index contributed by atoms with van der Waals surface area (Å²) in [5.41, 5.74) is 0.942. The molecule has 3 heterocycles. The maximum atomic E-state index is 5.65. The van der Waals surface area contributed by atoms with Gasteiger partial charge in [0.25, 0.3) is 0 Å². The highest BCUT2D eigenvalue weighted by atomic mass is 16.5. The summed E-state index contributed by atoms with van der Waals surface area (Å²) in [5.74, 6) is 2.56. The molecule has 2 aromatic rings. The molecule has 0 aliphatic carbocycles. The minimum Gasteiger partial charge on any atom is -0.496 e. The summed E-state index contributed by atoms with van der Waals surface area (Å²) in [6.45, 7) is 6.34. The van der Waals surface area contributed by atoms with Crippen molar-refractivity contribution in [3.05, 3.63) is 18.2 Å². The number of methoxy groups -OCH3 is 1. The first-order chi connectivity index (χ1) is 13.6. The molecule has 0 unspecified atom stereocenters. The number of hydrogen-bond donors (Lipinski definition) is 1. The molecule has 1 N–H and O–H groups in total. The van der Waals surface area contributed by atoms with Crippen LogP contribution >= 0.6 is 0 Å². The van der Waals surface area contributed by atoms with Gasteiger partial charge < -0.3 is 24.8 Å². The van der Waals surface area contributed by atoms with Crippen molar-refractivity contribution >= 4 is 22.7 Å². The molecule has 0 saturated carbocycles. The number of benzene rings is 1. The predicted octanol–water partition coefficient (Wildman–Crippen LogP) is 2.29. The second-order valence-corrected chi connectivity index (χ2v) is 8.09. The number of aromatic nitrogens is 2. The van der Waals surface area contributed by atoms with Crippen molar-refractivity contribution in [1.82, 2.24) is 19.8 Å². The quantitative estimate of drug-likeness (QED) is 0.868. The lowest BCUT2D eigenvalue weighted by Gasteiger charge is -2.30. The standard InChI is InChI=1S/C21H32N6O/c1-25-10-5-11-27(15-14-25)21-23-17-6-4-7-18(28-3)19(17)20(24-21)22-16-8-12-26(2)13-9-16/h4,6-7,16H,5,8-15H2,1-3H3,(H,22,23,24). The zero-order valence-electron chi connectivity index (χ0n) is 17.3. The van der Waals surface area contributed by atoms with E-state index in [1.54, 1.807) is 7.11 Å². The van der Waals surface area contributed by atoms with Crippen LogP contribution in [0.25, 0.3) is 10.9 Å². The Morgan fingerprint density at radius 3 is 2.54 bits per heavy atom. The molecule has 152 valence electrons. The number of hydrogen-bond acceptors (Lipinski definition) is 7. The first-order valence-electron chi connectivity index (χ1n) is 10.4. The molecule has 0 radical (unpaired) electrons. The van der Waals surface area contributed by atoms with Gasteiger partial charge in [0.05, 0.1) is 18.0 Å². The van der Waals surface area contributed by atoms with Gasteiger partial charge in [-0.05, 0) is 65.1 Å². The molecule has 0 spiro atoms. The normalized spacial score (nSPS) is 20.3. The molecule has 2 aliphatic heterocycles. The SMILES string of the molecule is COc1cccc2nc(N3CCCN(C)CC3)nc(NC3CCN(C)CC3)c12. The molecule has 2 saturated heterocycles. The minimum absolute atomic E-state index is 0.433. The fourth-order valence-corrected chi connectivity index (χ4v) is 4.15. The van der Waals surface area contributed by atoms with Crippen LogP contribution < -0.4 is 15.0 Å². The molecule has 28 heavy (non-hydrogen) atoms. The van der Waals surface area contributed by atoms with Gasteiger partial charge in [-0.25, -0.2) is 4.98 Å². The number of ether oxygens (including phenoxy) is 1. The van der Waals surface area contributed by atoms with E-state index in [-0.39, 0.29) is 0 Å². The summed E-state index contributed by atoms with van der Waals surface area (Å²) in [4.78, 5) is 17.0. The predicted molar refractivity (Wildman–Crippen MR) is 115 cm³/mol. The van der Waals surface area contributed by atoms with Crippen molar-refractivity contribution in [2.45, 2.75) is 25.3 Å². The Hall–Kier alpha value is -2.12. The van der Waals surface area contributed by atoms with Crippen molar-refractivity contribution in [1.29, 1.82) is 0 Å². The Labute approximate surface area is 167 Å². The van der Waals surface area contributed by atoms with E-state index in [1.165, 1.54) is 0 Å². The monoisotopic (exact) mass is 384 g/mol. The molecule has 0 amide bonds. The number of rotatable bonds is 4. The Balaban J connectivity index is 1.69. The number of anilines is 2. The first kappa shape index (κ1) is 19.2.